The van der Waals surface area contributed by atoms with E-state index in [-0.39, 0.29) is 5.56 Å². The van der Waals surface area contributed by atoms with Gasteiger partial charge in [0.2, 0.25) is 0 Å². The van der Waals surface area contributed by atoms with Crippen LogP contribution in [-0.2, 0) is 33.1 Å². The van der Waals surface area contributed by atoms with Crippen LogP contribution in [0.15, 0.2) is 66.0 Å². The minimum Gasteiger partial charge on any atom is -0.340 e. The number of hydrogen-bond donors (Lipinski definition) is 0. The summed E-state index contributed by atoms with van der Waals surface area (Å²) < 4.78 is 3.78. The van der Waals surface area contributed by atoms with Gasteiger partial charge in [-0.05, 0) is 29.7 Å². The molecule has 0 saturated heterocycles. The average Bonchev–Trinajstić information content (AvgIpc) is 3.16. The number of hydrogen-bond acceptors (Lipinski definition) is 4. The fourth-order valence-electron chi connectivity index (χ4n) is 4.24. The zero-order chi connectivity index (χ0) is 19.8. The van der Waals surface area contributed by atoms with Crippen LogP contribution in [0.25, 0.3) is 11.0 Å². The number of nitrogens with zero attached hydrogens (tertiary/aromatic N) is 5. The summed E-state index contributed by atoms with van der Waals surface area (Å²) in [6.45, 7) is 2.84. The normalized spacial score (nSPS) is 14.2. The first-order valence-electron chi connectivity index (χ1n) is 9.91. The number of aromatic nitrogens is 4. The monoisotopic (exact) mass is 385 g/mol. The van der Waals surface area contributed by atoms with Gasteiger partial charge in [0.05, 0.1) is 18.6 Å². The number of benzene rings is 1. The second-order valence-corrected chi connectivity index (χ2v) is 7.70. The highest BCUT2D eigenvalue weighted by molar-refractivity contribution is 5.80. The van der Waals surface area contributed by atoms with E-state index in [2.05, 4.69) is 20.9 Å². The summed E-state index contributed by atoms with van der Waals surface area (Å²) >= 11 is 0. The van der Waals surface area contributed by atoms with Crippen LogP contribution in [0.1, 0.15) is 22.4 Å². The smallest absolute Gasteiger partial charge is 0.257 e. The second-order valence-electron chi connectivity index (χ2n) is 7.70. The Morgan fingerprint density at radius 3 is 2.66 bits per heavy atom. The van der Waals surface area contributed by atoms with Gasteiger partial charge in [0.25, 0.3) is 5.56 Å². The Morgan fingerprint density at radius 1 is 1.00 bits per heavy atom. The third kappa shape index (κ3) is 3.36. The molecule has 0 spiro atoms. The highest BCUT2D eigenvalue weighted by Crippen LogP contribution is 2.25. The lowest BCUT2D eigenvalue weighted by Crippen LogP contribution is -2.37. The molecule has 0 aliphatic carbocycles. The van der Waals surface area contributed by atoms with E-state index in [9.17, 15) is 4.79 Å². The Hall–Kier alpha value is -3.25. The summed E-state index contributed by atoms with van der Waals surface area (Å²) in [4.78, 5) is 24.8. The molecule has 4 heterocycles. The van der Waals surface area contributed by atoms with Crippen molar-refractivity contribution in [2.24, 2.45) is 7.05 Å². The second kappa shape index (κ2) is 7.29. The Balaban J connectivity index is 1.57. The molecule has 3 aromatic heterocycles. The van der Waals surface area contributed by atoms with Crippen LogP contribution >= 0.6 is 0 Å². The zero-order valence-corrected chi connectivity index (χ0v) is 16.5. The lowest BCUT2D eigenvalue weighted by atomic mass is 9.97. The molecule has 146 valence electrons. The quantitative estimate of drug-likeness (QED) is 0.542. The van der Waals surface area contributed by atoms with Crippen molar-refractivity contribution >= 4 is 11.0 Å². The van der Waals surface area contributed by atoms with E-state index < -0.39 is 0 Å². The van der Waals surface area contributed by atoms with Crippen LogP contribution in [-0.4, -0.2) is 30.5 Å². The third-order valence-corrected chi connectivity index (χ3v) is 5.62. The lowest BCUT2D eigenvalue weighted by molar-refractivity contribution is 0.241. The standard InChI is InChI=1S/C23H23N5O/c1-26-13-18(25-16-26)14-27-11-9-19-20-8-5-10-24-22(20)28(23(29)21(19)15-27)12-17-6-3-2-4-7-17/h2-8,10,13,16H,9,11-12,14-15H2,1H3. The molecule has 0 amide bonds. The molecular formula is C23H23N5O. The minimum atomic E-state index is 0.0702. The van der Waals surface area contributed by atoms with Gasteiger partial charge >= 0.3 is 0 Å². The van der Waals surface area contributed by atoms with Gasteiger partial charge in [-0.2, -0.15) is 0 Å². The van der Waals surface area contributed by atoms with Gasteiger partial charge in [-0.15, -0.1) is 0 Å². The molecule has 0 N–H and O–H groups in total. The Morgan fingerprint density at radius 2 is 1.86 bits per heavy atom. The van der Waals surface area contributed by atoms with Gasteiger partial charge < -0.3 is 4.57 Å². The van der Waals surface area contributed by atoms with E-state index in [4.69, 9.17) is 0 Å². The molecule has 5 rings (SSSR count). The number of fused-ring (bicyclic) bond motifs is 3. The van der Waals surface area contributed by atoms with E-state index in [1.165, 1.54) is 0 Å². The predicted octanol–water partition coefficient (Wildman–Crippen LogP) is 2.74. The molecule has 4 aromatic rings. The van der Waals surface area contributed by atoms with Gasteiger partial charge in [-0.25, -0.2) is 9.97 Å². The van der Waals surface area contributed by atoms with Crippen LogP contribution in [0.3, 0.4) is 0 Å². The largest absolute Gasteiger partial charge is 0.340 e. The number of rotatable bonds is 4. The highest BCUT2D eigenvalue weighted by atomic mass is 16.1. The molecular weight excluding hydrogens is 362 g/mol. The maximum absolute atomic E-state index is 13.5. The first kappa shape index (κ1) is 17.8. The predicted molar refractivity (Wildman–Crippen MR) is 113 cm³/mol. The summed E-state index contributed by atoms with van der Waals surface area (Å²) in [6, 6.07) is 14.1. The maximum Gasteiger partial charge on any atom is 0.257 e. The van der Waals surface area contributed by atoms with Crippen molar-refractivity contribution in [1.82, 2.24) is 24.0 Å². The maximum atomic E-state index is 13.5. The molecule has 1 aliphatic heterocycles. The van der Waals surface area contributed by atoms with Crippen LogP contribution in [0.4, 0.5) is 0 Å². The van der Waals surface area contributed by atoms with E-state index in [0.717, 1.165) is 52.9 Å². The minimum absolute atomic E-state index is 0.0702. The number of aryl methyl sites for hydroxylation is 1. The van der Waals surface area contributed by atoms with Crippen molar-refractivity contribution in [2.75, 3.05) is 6.54 Å². The molecule has 0 atom stereocenters. The van der Waals surface area contributed by atoms with Crippen molar-refractivity contribution in [3.05, 3.63) is 93.9 Å². The molecule has 0 unspecified atom stereocenters. The van der Waals surface area contributed by atoms with Crippen molar-refractivity contribution in [2.45, 2.75) is 26.1 Å². The van der Waals surface area contributed by atoms with Crippen LogP contribution < -0.4 is 5.56 Å². The van der Waals surface area contributed by atoms with Crippen molar-refractivity contribution in [3.63, 3.8) is 0 Å². The summed E-state index contributed by atoms with van der Waals surface area (Å²) in [5.41, 5.74) is 5.02. The van der Waals surface area contributed by atoms with E-state index in [1.54, 1.807) is 6.20 Å². The molecule has 6 nitrogen and oxygen atoms in total. The molecule has 6 heteroatoms. The van der Waals surface area contributed by atoms with Crippen molar-refractivity contribution in [3.8, 4) is 0 Å². The fraction of sp³-hybridized carbons (Fsp3) is 0.261. The van der Waals surface area contributed by atoms with Gasteiger partial charge in [0.1, 0.15) is 5.65 Å². The zero-order valence-electron chi connectivity index (χ0n) is 16.5. The molecule has 29 heavy (non-hydrogen) atoms. The highest BCUT2D eigenvalue weighted by Gasteiger charge is 2.24. The Kier molecular flexibility index (Phi) is 4.48. The first-order valence-corrected chi connectivity index (χ1v) is 9.91. The van der Waals surface area contributed by atoms with Crippen LogP contribution in [0.2, 0.25) is 0 Å². The van der Waals surface area contributed by atoms with Gasteiger partial charge in [0, 0.05) is 50.0 Å². The molecule has 0 bridgehead atoms. The van der Waals surface area contributed by atoms with Crippen LogP contribution in [0, 0.1) is 0 Å². The topological polar surface area (TPSA) is 56.0 Å². The number of imidazole rings is 1. The first-order chi connectivity index (χ1) is 14.2. The van der Waals surface area contributed by atoms with Crippen LogP contribution in [0.5, 0.6) is 0 Å². The van der Waals surface area contributed by atoms with Gasteiger partial charge in [-0.3, -0.25) is 14.3 Å². The lowest BCUT2D eigenvalue weighted by Gasteiger charge is -2.29. The number of pyridine rings is 2. The SMILES string of the molecule is Cn1cnc(CN2CCc3c(c(=O)n(Cc4ccccc4)c4ncccc34)C2)c1. The molecule has 0 fully saturated rings. The van der Waals surface area contributed by atoms with E-state index in [1.807, 2.05) is 65.1 Å². The fourth-order valence-corrected chi connectivity index (χ4v) is 4.24. The summed E-state index contributed by atoms with van der Waals surface area (Å²) in [5, 5.41) is 1.09. The average molecular weight is 385 g/mol. The van der Waals surface area contributed by atoms with Gasteiger partial charge in [-0.1, -0.05) is 30.3 Å². The van der Waals surface area contributed by atoms with Gasteiger partial charge in [0.15, 0.2) is 0 Å². The summed E-state index contributed by atoms with van der Waals surface area (Å²) in [5.74, 6) is 0. The van der Waals surface area contributed by atoms with Crippen molar-refractivity contribution in [1.29, 1.82) is 0 Å². The molecule has 0 saturated carbocycles. The molecule has 0 radical (unpaired) electrons. The summed E-state index contributed by atoms with van der Waals surface area (Å²) in [7, 11) is 1.98. The van der Waals surface area contributed by atoms with E-state index in [0.29, 0.717) is 13.1 Å². The van der Waals surface area contributed by atoms with Crippen molar-refractivity contribution < 1.29 is 0 Å². The van der Waals surface area contributed by atoms with E-state index >= 15 is 0 Å². The Bertz CT molecular complexity index is 1230. The third-order valence-electron chi connectivity index (χ3n) is 5.62. The molecule has 1 aromatic carbocycles. The Labute approximate surface area is 169 Å². The molecule has 1 aliphatic rings. The summed E-state index contributed by atoms with van der Waals surface area (Å²) in [6.07, 6.45) is 6.48.